The van der Waals surface area contributed by atoms with Crippen LogP contribution >= 0.6 is 0 Å². The van der Waals surface area contributed by atoms with E-state index in [2.05, 4.69) is 10.3 Å². The lowest BCUT2D eigenvalue weighted by atomic mass is 10.1. The molecule has 23 heavy (non-hydrogen) atoms. The first kappa shape index (κ1) is 15.3. The molecule has 1 N–H and O–H groups in total. The zero-order valence-corrected chi connectivity index (χ0v) is 13.2. The van der Waals surface area contributed by atoms with Gasteiger partial charge < -0.3 is 14.8 Å². The zero-order chi connectivity index (χ0) is 16.2. The smallest absolute Gasteiger partial charge is 0.255 e. The van der Waals surface area contributed by atoms with Crippen molar-refractivity contribution in [1.82, 2.24) is 19.8 Å². The van der Waals surface area contributed by atoms with Gasteiger partial charge >= 0.3 is 0 Å². The first-order valence-corrected chi connectivity index (χ1v) is 7.81. The molecule has 1 aliphatic rings. The van der Waals surface area contributed by atoms with Crippen LogP contribution in [0.2, 0.25) is 0 Å². The van der Waals surface area contributed by atoms with Gasteiger partial charge in [-0.25, -0.2) is 4.98 Å². The third-order valence-electron chi connectivity index (χ3n) is 3.96. The predicted molar refractivity (Wildman–Crippen MR) is 86.2 cm³/mol. The van der Waals surface area contributed by atoms with Gasteiger partial charge in [-0.2, -0.15) is 0 Å². The maximum atomic E-state index is 12.7. The quantitative estimate of drug-likeness (QED) is 0.935. The first-order valence-electron chi connectivity index (χ1n) is 7.81. The summed E-state index contributed by atoms with van der Waals surface area (Å²) in [5.41, 5.74) is 2.24. The van der Waals surface area contributed by atoms with E-state index in [-0.39, 0.29) is 11.8 Å². The van der Waals surface area contributed by atoms with Gasteiger partial charge in [-0.05, 0) is 25.0 Å². The Morgan fingerprint density at radius 3 is 2.70 bits per heavy atom. The lowest BCUT2D eigenvalue weighted by Crippen LogP contribution is -2.28. The number of likely N-dealkylation sites (tertiary alicyclic amines) is 1. The number of nitrogens with one attached hydrogen (secondary N) is 1. The largest absolute Gasteiger partial charge is 0.351 e. The molecule has 3 rings (SSSR count). The highest BCUT2D eigenvalue weighted by atomic mass is 16.2. The molecular weight excluding hydrogens is 292 g/mol. The molecule has 0 unspecified atom stereocenters. The third kappa shape index (κ3) is 3.41. The molecule has 1 aromatic carbocycles. The molecule has 6 nitrogen and oxygen atoms in total. The Bertz CT molecular complexity index is 717. The van der Waals surface area contributed by atoms with Gasteiger partial charge in [0.2, 0.25) is 5.91 Å². The number of amides is 2. The second-order valence-corrected chi connectivity index (χ2v) is 5.70. The molecule has 2 amide bonds. The summed E-state index contributed by atoms with van der Waals surface area (Å²) in [6.45, 7) is 3.50. The molecule has 120 valence electrons. The second-order valence-electron chi connectivity index (χ2n) is 5.70. The fourth-order valence-corrected chi connectivity index (χ4v) is 2.77. The summed E-state index contributed by atoms with van der Waals surface area (Å²) in [6.07, 6.45) is 5.65. The molecule has 1 fully saturated rings. The lowest BCUT2D eigenvalue weighted by Gasteiger charge is -2.17. The number of carbonyl (C=O) groups excluding carboxylic acids is 2. The monoisotopic (exact) mass is 312 g/mol. The van der Waals surface area contributed by atoms with Gasteiger partial charge in [0, 0.05) is 26.2 Å². The SMILES string of the molecule is CC(=O)NCc1cn(-c2ccccc2C(=O)N2CCCC2)cn1. The van der Waals surface area contributed by atoms with Crippen LogP contribution < -0.4 is 5.32 Å². The molecular formula is C17H20N4O2. The van der Waals surface area contributed by atoms with Crippen LogP contribution in [0.15, 0.2) is 36.8 Å². The van der Waals surface area contributed by atoms with Gasteiger partial charge in [0.05, 0.1) is 29.8 Å². The van der Waals surface area contributed by atoms with Gasteiger partial charge in [-0.15, -0.1) is 0 Å². The van der Waals surface area contributed by atoms with Crippen LogP contribution in [-0.4, -0.2) is 39.4 Å². The summed E-state index contributed by atoms with van der Waals surface area (Å²) in [5, 5.41) is 2.72. The fourth-order valence-electron chi connectivity index (χ4n) is 2.77. The van der Waals surface area contributed by atoms with E-state index >= 15 is 0 Å². The number of aromatic nitrogens is 2. The lowest BCUT2D eigenvalue weighted by molar-refractivity contribution is -0.119. The molecule has 6 heteroatoms. The van der Waals surface area contributed by atoms with Gasteiger partial charge in [0.15, 0.2) is 0 Å². The van der Waals surface area contributed by atoms with E-state index in [0.717, 1.165) is 37.3 Å². The highest BCUT2D eigenvalue weighted by Crippen LogP contribution is 2.19. The van der Waals surface area contributed by atoms with E-state index in [0.29, 0.717) is 12.1 Å². The van der Waals surface area contributed by atoms with Crippen molar-refractivity contribution in [2.24, 2.45) is 0 Å². The number of para-hydroxylation sites is 1. The van der Waals surface area contributed by atoms with Crippen molar-refractivity contribution < 1.29 is 9.59 Å². The predicted octanol–water partition coefficient (Wildman–Crippen LogP) is 1.74. The van der Waals surface area contributed by atoms with Crippen molar-refractivity contribution in [1.29, 1.82) is 0 Å². The molecule has 2 heterocycles. The van der Waals surface area contributed by atoms with Crippen LogP contribution in [-0.2, 0) is 11.3 Å². The average Bonchev–Trinajstić information content (AvgIpc) is 3.24. The molecule has 0 spiro atoms. The molecule has 0 aliphatic carbocycles. The van der Waals surface area contributed by atoms with Gasteiger partial charge in [0.1, 0.15) is 0 Å². The van der Waals surface area contributed by atoms with Gasteiger partial charge in [0.25, 0.3) is 5.91 Å². The Morgan fingerprint density at radius 2 is 1.96 bits per heavy atom. The fraction of sp³-hybridized carbons (Fsp3) is 0.353. The van der Waals surface area contributed by atoms with E-state index in [1.807, 2.05) is 39.9 Å². The minimum Gasteiger partial charge on any atom is -0.351 e. The third-order valence-corrected chi connectivity index (χ3v) is 3.96. The highest BCUT2D eigenvalue weighted by Gasteiger charge is 2.22. The number of rotatable bonds is 4. The number of imidazole rings is 1. The van der Waals surface area contributed by atoms with Crippen molar-refractivity contribution in [3.63, 3.8) is 0 Å². The van der Waals surface area contributed by atoms with Crippen LogP contribution in [0.5, 0.6) is 0 Å². The highest BCUT2D eigenvalue weighted by molar-refractivity contribution is 5.97. The van der Waals surface area contributed by atoms with Crippen LogP contribution in [0.4, 0.5) is 0 Å². The minimum atomic E-state index is -0.0934. The molecule has 0 atom stereocenters. The normalized spacial score (nSPS) is 14.0. The number of benzene rings is 1. The number of hydrogen-bond donors (Lipinski definition) is 1. The van der Waals surface area contributed by atoms with Gasteiger partial charge in [-0.3, -0.25) is 9.59 Å². The first-order chi connectivity index (χ1) is 11.1. The Kier molecular flexibility index (Phi) is 4.41. The molecule has 0 radical (unpaired) electrons. The van der Waals surface area contributed by atoms with Crippen molar-refractivity contribution in [2.45, 2.75) is 26.3 Å². The number of hydrogen-bond acceptors (Lipinski definition) is 3. The zero-order valence-electron chi connectivity index (χ0n) is 13.2. The standard InChI is InChI=1S/C17H20N4O2/c1-13(22)18-10-14-11-21(12-19-14)16-7-3-2-6-15(16)17(23)20-8-4-5-9-20/h2-3,6-7,11-12H,4-5,8-10H2,1H3,(H,18,22). The van der Waals surface area contributed by atoms with Crippen LogP contribution in [0.25, 0.3) is 5.69 Å². The summed E-state index contributed by atoms with van der Waals surface area (Å²) >= 11 is 0. The Morgan fingerprint density at radius 1 is 1.22 bits per heavy atom. The maximum Gasteiger partial charge on any atom is 0.255 e. The summed E-state index contributed by atoms with van der Waals surface area (Å²) in [7, 11) is 0. The summed E-state index contributed by atoms with van der Waals surface area (Å²) < 4.78 is 1.83. The van der Waals surface area contributed by atoms with E-state index in [1.165, 1.54) is 6.92 Å². The molecule has 1 aromatic heterocycles. The molecule has 1 aliphatic heterocycles. The maximum absolute atomic E-state index is 12.7. The number of carbonyl (C=O) groups is 2. The topological polar surface area (TPSA) is 67.2 Å². The van der Waals surface area contributed by atoms with Crippen LogP contribution in [0, 0.1) is 0 Å². The van der Waals surface area contributed by atoms with Crippen LogP contribution in [0.1, 0.15) is 35.8 Å². The summed E-state index contributed by atoms with van der Waals surface area (Å²) in [5.74, 6) is -0.0284. The molecule has 2 aromatic rings. The minimum absolute atomic E-state index is 0.0650. The van der Waals surface area contributed by atoms with E-state index in [9.17, 15) is 9.59 Å². The van der Waals surface area contributed by atoms with Crippen LogP contribution in [0.3, 0.4) is 0 Å². The summed E-state index contributed by atoms with van der Waals surface area (Å²) in [4.78, 5) is 29.9. The number of nitrogens with zero attached hydrogens (tertiary/aromatic N) is 3. The van der Waals surface area contributed by atoms with Crippen molar-refractivity contribution in [3.8, 4) is 5.69 Å². The summed E-state index contributed by atoms with van der Waals surface area (Å²) in [6, 6.07) is 7.54. The average molecular weight is 312 g/mol. The van der Waals surface area contributed by atoms with E-state index < -0.39 is 0 Å². The molecule has 0 bridgehead atoms. The van der Waals surface area contributed by atoms with Crippen molar-refractivity contribution in [3.05, 3.63) is 48.0 Å². The molecule has 0 saturated carbocycles. The van der Waals surface area contributed by atoms with Crippen molar-refractivity contribution in [2.75, 3.05) is 13.1 Å². The Labute approximate surface area is 135 Å². The van der Waals surface area contributed by atoms with Gasteiger partial charge in [-0.1, -0.05) is 12.1 Å². The van der Waals surface area contributed by atoms with Crippen molar-refractivity contribution >= 4 is 11.8 Å². The molecule has 1 saturated heterocycles. The van der Waals surface area contributed by atoms with E-state index in [1.54, 1.807) is 6.33 Å². The van der Waals surface area contributed by atoms with E-state index in [4.69, 9.17) is 0 Å². The Balaban J connectivity index is 1.85. The Hall–Kier alpha value is -2.63. The second kappa shape index (κ2) is 6.64.